The number of rotatable bonds is 7. The van der Waals surface area contributed by atoms with E-state index in [1.54, 1.807) is 18.2 Å². The van der Waals surface area contributed by atoms with E-state index in [1.807, 2.05) is 7.05 Å². The number of fused-ring (bicyclic) bond motifs is 1. The van der Waals surface area contributed by atoms with Crippen LogP contribution in [0.2, 0.25) is 0 Å². The molecule has 0 spiro atoms. The third-order valence-electron chi connectivity index (χ3n) is 6.89. The Labute approximate surface area is 222 Å². The molecule has 39 heavy (non-hydrogen) atoms. The number of aliphatic hydroxyl groups excluding tert-OH is 1. The Balaban J connectivity index is 1.32. The SMILES string of the molecule is CN1CCC(Cc2ccc(NC(=O)c3coc4cc(Oc5cc(CO)ncn5)ccc34)cc2C(F)(F)F)CC1. The maximum Gasteiger partial charge on any atom is 0.416 e. The molecule has 1 saturated heterocycles. The molecule has 3 heterocycles. The lowest BCUT2D eigenvalue weighted by Gasteiger charge is -2.29. The van der Waals surface area contributed by atoms with Crippen molar-refractivity contribution in [1.29, 1.82) is 0 Å². The largest absolute Gasteiger partial charge is 0.463 e. The Morgan fingerprint density at radius 1 is 1.15 bits per heavy atom. The number of hydrogen-bond acceptors (Lipinski definition) is 7. The van der Waals surface area contributed by atoms with E-state index in [2.05, 4.69) is 20.2 Å². The minimum atomic E-state index is -4.54. The lowest BCUT2D eigenvalue weighted by atomic mass is 9.88. The molecule has 204 valence electrons. The van der Waals surface area contributed by atoms with Crippen LogP contribution < -0.4 is 10.1 Å². The molecule has 5 rings (SSSR count). The minimum Gasteiger partial charge on any atom is -0.463 e. The summed E-state index contributed by atoms with van der Waals surface area (Å²) >= 11 is 0. The maximum absolute atomic E-state index is 13.9. The van der Waals surface area contributed by atoms with Gasteiger partial charge in [0.25, 0.3) is 5.91 Å². The molecule has 1 amide bonds. The summed E-state index contributed by atoms with van der Waals surface area (Å²) in [6.07, 6.45) is 0.0360. The molecule has 1 fully saturated rings. The van der Waals surface area contributed by atoms with Gasteiger partial charge in [0.1, 0.15) is 23.9 Å². The van der Waals surface area contributed by atoms with Gasteiger partial charge >= 0.3 is 6.18 Å². The van der Waals surface area contributed by atoms with Gasteiger partial charge in [-0.15, -0.1) is 0 Å². The van der Waals surface area contributed by atoms with Crippen molar-refractivity contribution < 1.29 is 32.2 Å². The molecule has 11 heteroatoms. The van der Waals surface area contributed by atoms with Gasteiger partial charge < -0.3 is 24.5 Å². The predicted molar refractivity (Wildman–Crippen MR) is 138 cm³/mol. The highest BCUT2D eigenvalue weighted by molar-refractivity contribution is 6.12. The van der Waals surface area contributed by atoms with Crippen LogP contribution in [0.25, 0.3) is 11.0 Å². The molecule has 4 aromatic rings. The summed E-state index contributed by atoms with van der Waals surface area (Å²) in [6, 6.07) is 10.2. The van der Waals surface area contributed by atoms with Crippen LogP contribution in [-0.2, 0) is 19.2 Å². The van der Waals surface area contributed by atoms with E-state index in [1.165, 1.54) is 30.8 Å². The normalized spacial score (nSPS) is 15.0. The second-order valence-electron chi connectivity index (χ2n) is 9.69. The number of anilines is 1. The van der Waals surface area contributed by atoms with Crippen LogP contribution in [0, 0.1) is 5.92 Å². The van der Waals surface area contributed by atoms with Gasteiger partial charge in [-0.3, -0.25) is 4.79 Å². The maximum atomic E-state index is 13.9. The van der Waals surface area contributed by atoms with Crippen LogP contribution >= 0.6 is 0 Å². The van der Waals surface area contributed by atoms with Gasteiger partial charge in [0.15, 0.2) is 0 Å². The Morgan fingerprint density at radius 3 is 2.69 bits per heavy atom. The number of carbonyl (C=O) groups excluding carboxylic acids is 1. The van der Waals surface area contributed by atoms with E-state index < -0.39 is 17.6 Å². The van der Waals surface area contributed by atoms with Crippen molar-refractivity contribution >= 4 is 22.6 Å². The fourth-order valence-corrected chi connectivity index (χ4v) is 4.76. The van der Waals surface area contributed by atoms with Gasteiger partial charge in [-0.05, 0) is 75.1 Å². The van der Waals surface area contributed by atoms with Crippen molar-refractivity contribution in [3.63, 3.8) is 0 Å². The van der Waals surface area contributed by atoms with Gasteiger partial charge in [-0.1, -0.05) is 6.07 Å². The van der Waals surface area contributed by atoms with Gasteiger partial charge in [-0.2, -0.15) is 13.2 Å². The first-order valence-corrected chi connectivity index (χ1v) is 12.5. The topological polar surface area (TPSA) is 101 Å². The van der Waals surface area contributed by atoms with Gasteiger partial charge in [0.2, 0.25) is 5.88 Å². The highest BCUT2D eigenvalue weighted by Gasteiger charge is 2.34. The second kappa shape index (κ2) is 11.0. The molecule has 0 saturated carbocycles. The minimum absolute atomic E-state index is 0.0530. The van der Waals surface area contributed by atoms with Crippen molar-refractivity contribution in [3.8, 4) is 11.6 Å². The van der Waals surface area contributed by atoms with Crippen molar-refractivity contribution in [2.24, 2.45) is 5.92 Å². The molecular weight excluding hydrogens is 513 g/mol. The summed E-state index contributed by atoms with van der Waals surface area (Å²) in [6.45, 7) is 1.48. The zero-order chi connectivity index (χ0) is 27.6. The Bertz CT molecular complexity index is 1480. The monoisotopic (exact) mass is 540 g/mol. The van der Waals surface area contributed by atoms with Crippen molar-refractivity contribution in [1.82, 2.24) is 14.9 Å². The molecule has 0 atom stereocenters. The highest BCUT2D eigenvalue weighted by atomic mass is 19.4. The first kappa shape index (κ1) is 26.6. The Hall–Kier alpha value is -3.96. The number of amides is 1. The summed E-state index contributed by atoms with van der Waals surface area (Å²) < 4.78 is 53.0. The zero-order valence-corrected chi connectivity index (χ0v) is 21.2. The summed E-state index contributed by atoms with van der Waals surface area (Å²) in [5.41, 5.74) is 0.473. The van der Waals surface area contributed by atoms with Gasteiger partial charge in [0.05, 0.1) is 23.4 Å². The fourth-order valence-electron chi connectivity index (χ4n) is 4.76. The number of nitrogens with zero attached hydrogens (tertiary/aromatic N) is 3. The number of ether oxygens (including phenoxy) is 1. The molecule has 0 unspecified atom stereocenters. The lowest BCUT2D eigenvalue weighted by Crippen LogP contribution is -2.31. The number of halogens is 3. The molecule has 2 N–H and O–H groups in total. The number of hydrogen-bond donors (Lipinski definition) is 2. The molecule has 1 aliphatic heterocycles. The Kier molecular flexibility index (Phi) is 7.53. The number of aliphatic hydroxyl groups is 1. The number of nitrogens with one attached hydrogen (secondary N) is 1. The van der Waals surface area contributed by atoms with Crippen molar-refractivity contribution in [2.75, 3.05) is 25.5 Å². The summed E-state index contributed by atoms with van der Waals surface area (Å²) in [5.74, 6) is 0.195. The number of aromatic nitrogens is 2. The van der Waals surface area contributed by atoms with Crippen LogP contribution in [0.5, 0.6) is 11.6 Å². The predicted octanol–water partition coefficient (Wildman–Crippen LogP) is 5.66. The third-order valence-corrected chi connectivity index (χ3v) is 6.89. The average Bonchev–Trinajstić information content (AvgIpc) is 3.34. The van der Waals surface area contributed by atoms with E-state index in [0.717, 1.165) is 32.0 Å². The Morgan fingerprint density at radius 2 is 1.95 bits per heavy atom. The number of benzene rings is 2. The molecule has 1 aliphatic rings. The smallest absolute Gasteiger partial charge is 0.416 e. The number of piperidine rings is 1. The first-order valence-electron chi connectivity index (χ1n) is 12.5. The van der Waals surface area contributed by atoms with E-state index >= 15 is 0 Å². The van der Waals surface area contributed by atoms with Crippen molar-refractivity contribution in [3.05, 3.63) is 77.4 Å². The van der Waals surface area contributed by atoms with Gasteiger partial charge in [0, 0.05) is 23.2 Å². The molecule has 0 bridgehead atoms. The van der Waals surface area contributed by atoms with Crippen LogP contribution in [0.1, 0.15) is 40.0 Å². The van der Waals surface area contributed by atoms with Crippen LogP contribution in [-0.4, -0.2) is 46.0 Å². The number of likely N-dealkylation sites (tertiary alicyclic amines) is 1. The van der Waals surface area contributed by atoms with Crippen LogP contribution in [0.4, 0.5) is 18.9 Å². The summed E-state index contributed by atoms with van der Waals surface area (Å²) in [4.78, 5) is 23.1. The van der Waals surface area contributed by atoms with Crippen LogP contribution in [0.15, 0.2) is 59.5 Å². The quantitative estimate of drug-likeness (QED) is 0.312. The molecular formula is C28H27F3N4O4. The molecule has 2 aromatic carbocycles. The van der Waals surface area contributed by atoms with Crippen molar-refractivity contribution in [2.45, 2.75) is 32.0 Å². The van der Waals surface area contributed by atoms with E-state index in [4.69, 9.17) is 9.15 Å². The number of carbonyl (C=O) groups is 1. The third kappa shape index (κ3) is 6.21. The fraction of sp³-hybridized carbons (Fsp3) is 0.321. The molecule has 0 aliphatic carbocycles. The summed E-state index contributed by atoms with van der Waals surface area (Å²) in [5, 5.41) is 12.3. The van der Waals surface area contributed by atoms with E-state index in [-0.39, 0.29) is 35.2 Å². The van der Waals surface area contributed by atoms with E-state index in [0.29, 0.717) is 28.8 Å². The molecule has 2 aromatic heterocycles. The van der Waals surface area contributed by atoms with Crippen LogP contribution in [0.3, 0.4) is 0 Å². The van der Waals surface area contributed by atoms with E-state index in [9.17, 15) is 23.1 Å². The standard InChI is InChI=1S/C28H27F3N4O4/c1-35-8-6-17(7-9-35)10-18-2-3-19(11-24(18)28(29,30)31)34-27(37)23-15-38-25-13-21(4-5-22(23)25)39-26-12-20(14-36)32-16-33-26/h2-5,11-13,15-17,36H,6-10,14H2,1H3,(H,34,37). The molecule has 0 radical (unpaired) electrons. The zero-order valence-electron chi connectivity index (χ0n) is 21.2. The first-order chi connectivity index (χ1) is 18.7. The van der Waals surface area contributed by atoms with Gasteiger partial charge in [-0.25, -0.2) is 9.97 Å². The number of furan rings is 1. The highest BCUT2D eigenvalue weighted by Crippen LogP contribution is 2.36. The second-order valence-corrected chi connectivity index (χ2v) is 9.69. The lowest BCUT2D eigenvalue weighted by molar-refractivity contribution is -0.138. The average molecular weight is 541 g/mol. The number of alkyl halides is 3. The summed E-state index contributed by atoms with van der Waals surface area (Å²) in [7, 11) is 2.01. The molecule has 8 nitrogen and oxygen atoms in total.